The molecule has 1 aliphatic rings. The van der Waals surface area contributed by atoms with Crippen molar-refractivity contribution < 1.29 is 9.59 Å². The molecule has 7 heteroatoms. The molecule has 0 aliphatic carbocycles. The van der Waals surface area contributed by atoms with E-state index in [2.05, 4.69) is 9.97 Å². The first-order valence-electron chi connectivity index (χ1n) is 7.75. The Morgan fingerprint density at radius 1 is 1.43 bits per heavy atom. The molecule has 1 fully saturated rings. The monoisotopic (exact) mass is 332 g/mol. The number of rotatable bonds is 4. The molecule has 0 aromatic carbocycles. The van der Waals surface area contributed by atoms with Gasteiger partial charge in [0.2, 0.25) is 11.7 Å². The molecule has 2 aromatic heterocycles. The zero-order valence-electron chi connectivity index (χ0n) is 13.4. The maximum atomic E-state index is 12.6. The molecule has 122 valence electrons. The smallest absolute Gasteiger partial charge is 0.228 e. The molecule has 1 atom stereocenters. The number of aromatic nitrogens is 3. The number of hydrogen-bond acceptors (Lipinski definition) is 5. The first kappa shape index (κ1) is 15.9. The molecule has 0 spiro atoms. The van der Waals surface area contributed by atoms with Gasteiger partial charge in [0.15, 0.2) is 5.82 Å². The van der Waals surface area contributed by atoms with Crippen LogP contribution in [0.5, 0.6) is 0 Å². The number of carbonyl (C=O) groups excluding carboxylic acids is 2. The highest BCUT2D eigenvalue weighted by atomic mass is 32.1. The molecule has 0 saturated carbocycles. The highest BCUT2D eigenvalue weighted by Gasteiger charge is 2.30. The third-order valence-electron chi connectivity index (χ3n) is 4.19. The lowest BCUT2D eigenvalue weighted by Crippen LogP contribution is -2.43. The summed E-state index contributed by atoms with van der Waals surface area (Å²) < 4.78 is 1.74. The average Bonchev–Trinajstić information content (AvgIpc) is 3.15. The number of aryl methyl sites for hydroxylation is 2. The summed E-state index contributed by atoms with van der Waals surface area (Å²) in [5, 5.41) is 2.89. The highest BCUT2D eigenvalue weighted by molar-refractivity contribution is 7.09. The summed E-state index contributed by atoms with van der Waals surface area (Å²) in [5.74, 6) is 0.387. The fourth-order valence-electron chi connectivity index (χ4n) is 2.96. The zero-order valence-corrected chi connectivity index (χ0v) is 14.2. The molecule has 23 heavy (non-hydrogen) atoms. The van der Waals surface area contributed by atoms with Crippen LogP contribution in [0.15, 0.2) is 17.8 Å². The van der Waals surface area contributed by atoms with Gasteiger partial charge in [0, 0.05) is 43.8 Å². The molecular formula is C16H20N4O2S. The fourth-order valence-corrected chi connectivity index (χ4v) is 3.57. The minimum absolute atomic E-state index is 0.0273. The summed E-state index contributed by atoms with van der Waals surface area (Å²) in [6.07, 6.45) is 5.37. The summed E-state index contributed by atoms with van der Waals surface area (Å²) in [4.78, 5) is 35.3. The van der Waals surface area contributed by atoms with Crippen LogP contribution in [0.4, 0.5) is 0 Å². The zero-order chi connectivity index (χ0) is 16.4. The van der Waals surface area contributed by atoms with Gasteiger partial charge in [-0.15, -0.1) is 11.3 Å². The lowest BCUT2D eigenvalue weighted by Gasteiger charge is -2.31. The maximum absolute atomic E-state index is 12.6. The van der Waals surface area contributed by atoms with Crippen molar-refractivity contribution in [2.75, 3.05) is 13.1 Å². The van der Waals surface area contributed by atoms with Crippen LogP contribution in [0.1, 0.15) is 34.2 Å². The van der Waals surface area contributed by atoms with Crippen LogP contribution in [-0.2, 0) is 18.3 Å². The molecule has 3 heterocycles. The number of carbonyl (C=O) groups is 2. The number of nitrogens with zero attached hydrogens (tertiary/aromatic N) is 4. The van der Waals surface area contributed by atoms with E-state index in [0.29, 0.717) is 25.3 Å². The Kier molecular flexibility index (Phi) is 4.56. The van der Waals surface area contributed by atoms with Crippen molar-refractivity contribution in [3.05, 3.63) is 34.3 Å². The second-order valence-electron chi connectivity index (χ2n) is 5.94. The fraction of sp³-hybridized carbons (Fsp3) is 0.500. The molecule has 1 aliphatic heterocycles. The predicted molar refractivity (Wildman–Crippen MR) is 87.4 cm³/mol. The van der Waals surface area contributed by atoms with Crippen molar-refractivity contribution in [3.8, 4) is 0 Å². The Bertz CT molecular complexity index is 721. The van der Waals surface area contributed by atoms with E-state index in [1.54, 1.807) is 33.2 Å². The first-order chi connectivity index (χ1) is 11.0. The molecule has 0 bridgehead atoms. The second kappa shape index (κ2) is 6.62. The van der Waals surface area contributed by atoms with Gasteiger partial charge < -0.3 is 9.47 Å². The lowest BCUT2D eigenvalue weighted by molar-refractivity contribution is -0.131. The van der Waals surface area contributed by atoms with E-state index in [4.69, 9.17) is 0 Å². The number of thiazole rings is 1. The number of hydrogen-bond donors (Lipinski definition) is 0. The van der Waals surface area contributed by atoms with E-state index in [1.807, 2.05) is 19.4 Å². The molecule has 0 radical (unpaired) electrons. The number of likely N-dealkylation sites (tertiary alicyclic amines) is 1. The van der Waals surface area contributed by atoms with Crippen molar-refractivity contribution in [3.63, 3.8) is 0 Å². The third kappa shape index (κ3) is 3.50. The van der Waals surface area contributed by atoms with Gasteiger partial charge >= 0.3 is 0 Å². The van der Waals surface area contributed by atoms with E-state index in [1.165, 1.54) is 0 Å². The van der Waals surface area contributed by atoms with E-state index in [0.717, 1.165) is 23.5 Å². The Hall–Kier alpha value is -2.02. The van der Waals surface area contributed by atoms with Gasteiger partial charge in [-0.3, -0.25) is 9.59 Å². The Morgan fingerprint density at radius 3 is 2.91 bits per heavy atom. The van der Waals surface area contributed by atoms with E-state index in [9.17, 15) is 9.59 Å². The first-order valence-corrected chi connectivity index (χ1v) is 8.63. The third-order valence-corrected chi connectivity index (χ3v) is 5.01. The standard InChI is InChI=1S/C16H20N4O2S/c1-11-18-13(10-23-11)8-14(21)20-6-3-4-12(9-20)15(22)16-17-5-7-19(16)2/h5,7,10,12H,3-4,6,8-9H2,1-2H3/t12-/m0/s1. The van der Waals surface area contributed by atoms with E-state index >= 15 is 0 Å². The van der Waals surface area contributed by atoms with E-state index < -0.39 is 0 Å². The van der Waals surface area contributed by atoms with Crippen molar-refractivity contribution in [1.82, 2.24) is 19.4 Å². The minimum atomic E-state index is -0.161. The topological polar surface area (TPSA) is 68.1 Å². The second-order valence-corrected chi connectivity index (χ2v) is 7.00. The number of imidazole rings is 1. The van der Waals surface area contributed by atoms with Gasteiger partial charge in [-0.25, -0.2) is 9.97 Å². The van der Waals surface area contributed by atoms with Crippen LogP contribution >= 0.6 is 11.3 Å². The van der Waals surface area contributed by atoms with Crippen molar-refractivity contribution in [1.29, 1.82) is 0 Å². The molecule has 0 N–H and O–H groups in total. The molecule has 2 aromatic rings. The molecule has 1 saturated heterocycles. The summed E-state index contributed by atoms with van der Waals surface area (Å²) in [6, 6.07) is 0. The maximum Gasteiger partial charge on any atom is 0.228 e. The van der Waals surface area contributed by atoms with Crippen LogP contribution < -0.4 is 0 Å². The molecule has 1 amide bonds. The quantitative estimate of drug-likeness (QED) is 0.801. The van der Waals surface area contributed by atoms with Crippen LogP contribution in [0, 0.1) is 12.8 Å². The lowest BCUT2D eigenvalue weighted by atomic mass is 9.93. The van der Waals surface area contributed by atoms with Crippen LogP contribution in [-0.4, -0.2) is 44.2 Å². The van der Waals surface area contributed by atoms with Gasteiger partial charge in [-0.05, 0) is 19.8 Å². The molecule has 6 nitrogen and oxygen atoms in total. The van der Waals surface area contributed by atoms with Crippen molar-refractivity contribution in [2.24, 2.45) is 13.0 Å². The highest BCUT2D eigenvalue weighted by Crippen LogP contribution is 2.21. The van der Waals surface area contributed by atoms with Crippen LogP contribution in [0.3, 0.4) is 0 Å². The number of piperidine rings is 1. The molecule has 3 rings (SSSR count). The van der Waals surface area contributed by atoms with Crippen LogP contribution in [0.2, 0.25) is 0 Å². The van der Waals surface area contributed by atoms with Crippen molar-refractivity contribution >= 4 is 23.0 Å². The van der Waals surface area contributed by atoms with Crippen LogP contribution in [0.25, 0.3) is 0 Å². The van der Waals surface area contributed by atoms with Gasteiger partial charge in [0.25, 0.3) is 0 Å². The number of Topliss-reactive ketones (excluding diaryl/α,β-unsaturated/α-hetero) is 1. The van der Waals surface area contributed by atoms with Crippen molar-refractivity contribution in [2.45, 2.75) is 26.2 Å². The summed E-state index contributed by atoms with van der Waals surface area (Å²) in [7, 11) is 1.82. The van der Waals surface area contributed by atoms with Gasteiger partial charge in [-0.2, -0.15) is 0 Å². The molecule has 0 unspecified atom stereocenters. The normalized spacial score (nSPS) is 18.2. The minimum Gasteiger partial charge on any atom is -0.342 e. The SMILES string of the molecule is Cc1nc(CC(=O)N2CCC[C@H](C(=O)c3nccn3C)C2)cs1. The molecular weight excluding hydrogens is 312 g/mol. The van der Waals surface area contributed by atoms with Gasteiger partial charge in [-0.1, -0.05) is 0 Å². The summed E-state index contributed by atoms with van der Waals surface area (Å²) >= 11 is 1.55. The van der Waals surface area contributed by atoms with Gasteiger partial charge in [0.1, 0.15) is 0 Å². The largest absolute Gasteiger partial charge is 0.342 e. The Labute approximate surface area is 139 Å². The Morgan fingerprint density at radius 2 is 2.26 bits per heavy atom. The number of amides is 1. The average molecular weight is 332 g/mol. The summed E-state index contributed by atoms with van der Waals surface area (Å²) in [6.45, 7) is 3.13. The van der Waals surface area contributed by atoms with E-state index in [-0.39, 0.29) is 17.6 Å². The summed E-state index contributed by atoms with van der Waals surface area (Å²) in [5.41, 5.74) is 0.815. The number of ketones is 1. The predicted octanol–water partition coefficient (Wildman–Crippen LogP) is 1.85. The Balaban J connectivity index is 1.65. The van der Waals surface area contributed by atoms with Gasteiger partial charge in [0.05, 0.1) is 17.1 Å².